The molecule has 3 rings (SSSR count). The van der Waals surface area contributed by atoms with Gasteiger partial charge in [0.15, 0.2) is 0 Å². The molecule has 0 fully saturated rings. The van der Waals surface area contributed by atoms with Crippen LogP contribution in [0, 0.1) is 0 Å². The minimum atomic E-state index is -0.207. The number of esters is 1. The molecule has 1 heterocycles. The highest BCUT2D eigenvalue weighted by Crippen LogP contribution is 2.47. The molecular formula is C17H17NO2S. The van der Waals surface area contributed by atoms with Crippen LogP contribution in [-0.4, -0.2) is 18.6 Å². The Morgan fingerprint density at radius 3 is 2.10 bits per heavy atom. The van der Waals surface area contributed by atoms with Crippen LogP contribution in [0.25, 0.3) is 0 Å². The van der Waals surface area contributed by atoms with Crippen molar-refractivity contribution >= 4 is 29.1 Å². The van der Waals surface area contributed by atoms with Crippen LogP contribution in [-0.2, 0) is 9.53 Å². The van der Waals surface area contributed by atoms with E-state index >= 15 is 0 Å². The number of anilines is 2. The number of para-hydroxylation sites is 2. The molecule has 0 amide bonds. The second-order valence-electron chi connectivity index (χ2n) is 5.16. The van der Waals surface area contributed by atoms with Gasteiger partial charge in [-0.1, -0.05) is 36.0 Å². The fourth-order valence-corrected chi connectivity index (χ4v) is 3.48. The molecule has 0 saturated carbocycles. The lowest BCUT2D eigenvalue weighted by molar-refractivity contribution is -0.145. The molecule has 0 spiro atoms. The summed E-state index contributed by atoms with van der Waals surface area (Å²) < 4.78 is 5.30. The zero-order valence-electron chi connectivity index (χ0n) is 12.1. The van der Waals surface area contributed by atoms with Gasteiger partial charge in [-0.2, -0.15) is 0 Å². The third-order valence-corrected chi connectivity index (χ3v) is 4.32. The van der Waals surface area contributed by atoms with Crippen LogP contribution in [0.15, 0.2) is 58.3 Å². The van der Waals surface area contributed by atoms with Gasteiger partial charge in [0.05, 0.1) is 17.5 Å². The smallest absolute Gasteiger partial charge is 0.326 e. The maximum Gasteiger partial charge on any atom is 0.326 e. The Labute approximate surface area is 128 Å². The third-order valence-electron chi connectivity index (χ3n) is 3.19. The van der Waals surface area contributed by atoms with Gasteiger partial charge in [0.1, 0.15) is 6.54 Å². The van der Waals surface area contributed by atoms with Gasteiger partial charge in [-0.05, 0) is 38.1 Å². The Balaban J connectivity index is 1.97. The zero-order chi connectivity index (χ0) is 14.8. The third kappa shape index (κ3) is 2.90. The Morgan fingerprint density at radius 1 is 1.05 bits per heavy atom. The monoisotopic (exact) mass is 299 g/mol. The molecule has 0 unspecified atom stereocenters. The van der Waals surface area contributed by atoms with Crippen molar-refractivity contribution in [3.63, 3.8) is 0 Å². The highest BCUT2D eigenvalue weighted by Gasteiger charge is 2.25. The van der Waals surface area contributed by atoms with Gasteiger partial charge in [0.2, 0.25) is 0 Å². The standard InChI is InChI=1S/C17H17NO2S/c1-12(2)20-17(19)11-18-13-7-3-5-9-15(13)21-16-10-6-4-8-14(16)18/h3-10,12H,11H2,1-2H3. The van der Waals surface area contributed by atoms with Crippen molar-refractivity contribution in [2.75, 3.05) is 11.4 Å². The molecule has 2 aromatic rings. The summed E-state index contributed by atoms with van der Waals surface area (Å²) in [6.07, 6.45) is -0.0952. The summed E-state index contributed by atoms with van der Waals surface area (Å²) >= 11 is 1.73. The second-order valence-corrected chi connectivity index (χ2v) is 6.25. The first kappa shape index (κ1) is 14.0. The molecule has 108 valence electrons. The molecule has 2 aromatic carbocycles. The summed E-state index contributed by atoms with van der Waals surface area (Å²) in [6, 6.07) is 16.3. The van der Waals surface area contributed by atoms with E-state index in [0.29, 0.717) is 0 Å². The van der Waals surface area contributed by atoms with Crippen molar-refractivity contribution in [1.29, 1.82) is 0 Å². The predicted octanol–water partition coefficient (Wildman–Crippen LogP) is 4.24. The fraction of sp³-hybridized carbons (Fsp3) is 0.235. The zero-order valence-corrected chi connectivity index (χ0v) is 12.9. The van der Waals surface area contributed by atoms with E-state index in [1.807, 2.05) is 55.1 Å². The number of ether oxygens (including phenoxy) is 1. The van der Waals surface area contributed by atoms with Gasteiger partial charge >= 0.3 is 5.97 Å². The van der Waals surface area contributed by atoms with E-state index in [-0.39, 0.29) is 18.6 Å². The minimum Gasteiger partial charge on any atom is -0.462 e. The molecule has 0 radical (unpaired) electrons. The highest BCUT2D eigenvalue weighted by atomic mass is 32.2. The molecule has 0 aliphatic carbocycles. The lowest BCUT2D eigenvalue weighted by Crippen LogP contribution is -2.30. The van der Waals surface area contributed by atoms with E-state index in [0.717, 1.165) is 21.2 Å². The van der Waals surface area contributed by atoms with Gasteiger partial charge in [-0.3, -0.25) is 4.79 Å². The molecule has 0 aromatic heterocycles. The lowest BCUT2D eigenvalue weighted by atomic mass is 10.2. The summed E-state index contributed by atoms with van der Waals surface area (Å²) in [6.45, 7) is 3.96. The number of hydrogen-bond donors (Lipinski definition) is 0. The number of rotatable bonds is 3. The Bertz CT molecular complexity index is 624. The van der Waals surface area contributed by atoms with E-state index in [1.54, 1.807) is 11.8 Å². The van der Waals surface area contributed by atoms with Crippen LogP contribution < -0.4 is 4.90 Å². The van der Waals surface area contributed by atoms with Gasteiger partial charge in [-0.25, -0.2) is 0 Å². The Hall–Kier alpha value is -1.94. The summed E-state index contributed by atoms with van der Waals surface area (Å²) in [4.78, 5) is 16.4. The first-order chi connectivity index (χ1) is 10.1. The number of nitrogens with zero attached hydrogens (tertiary/aromatic N) is 1. The fourth-order valence-electron chi connectivity index (χ4n) is 2.38. The van der Waals surface area contributed by atoms with Gasteiger partial charge < -0.3 is 9.64 Å². The topological polar surface area (TPSA) is 29.5 Å². The molecule has 21 heavy (non-hydrogen) atoms. The Kier molecular flexibility index (Phi) is 3.88. The highest BCUT2D eigenvalue weighted by molar-refractivity contribution is 7.99. The normalized spacial score (nSPS) is 12.8. The van der Waals surface area contributed by atoms with Crippen molar-refractivity contribution in [3.8, 4) is 0 Å². The van der Waals surface area contributed by atoms with Gasteiger partial charge in [-0.15, -0.1) is 0 Å². The average Bonchev–Trinajstić information content (AvgIpc) is 2.46. The number of fused-ring (bicyclic) bond motifs is 2. The molecule has 3 nitrogen and oxygen atoms in total. The minimum absolute atomic E-state index is 0.0952. The van der Waals surface area contributed by atoms with Crippen molar-refractivity contribution in [3.05, 3.63) is 48.5 Å². The molecule has 0 bridgehead atoms. The number of hydrogen-bond acceptors (Lipinski definition) is 4. The average molecular weight is 299 g/mol. The molecule has 4 heteroatoms. The van der Waals surface area contributed by atoms with E-state index in [2.05, 4.69) is 12.1 Å². The van der Waals surface area contributed by atoms with Crippen molar-refractivity contribution < 1.29 is 9.53 Å². The maximum atomic E-state index is 12.1. The van der Waals surface area contributed by atoms with E-state index in [9.17, 15) is 4.79 Å². The van der Waals surface area contributed by atoms with Crippen molar-refractivity contribution in [1.82, 2.24) is 0 Å². The summed E-state index contributed by atoms with van der Waals surface area (Å²) in [5.41, 5.74) is 2.11. The van der Waals surface area contributed by atoms with Crippen LogP contribution >= 0.6 is 11.8 Å². The van der Waals surface area contributed by atoms with E-state index in [4.69, 9.17) is 4.74 Å². The molecule has 1 aliphatic rings. The van der Waals surface area contributed by atoms with Crippen LogP contribution in [0.1, 0.15) is 13.8 Å². The summed E-state index contributed by atoms with van der Waals surface area (Å²) in [5, 5.41) is 0. The van der Waals surface area contributed by atoms with Crippen LogP contribution in [0.2, 0.25) is 0 Å². The van der Waals surface area contributed by atoms with Crippen LogP contribution in [0.3, 0.4) is 0 Å². The van der Waals surface area contributed by atoms with Gasteiger partial charge in [0.25, 0.3) is 0 Å². The maximum absolute atomic E-state index is 12.1. The van der Waals surface area contributed by atoms with E-state index in [1.165, 1.54) is 0 Å². The molecule has 1 aliphatic heterocycles. The van der Waals surface area contributed by atoms with E-state index < -0.39 is 0 Å². The molecule has 0 saturated heterocycles. The number of carbonyl (C=O) groups excluding carboxylic acids is 1. The summed E-state index contributed by atoms with van der Waals surface area (Å²) in [5.74, 6) is -0.207. The lowest BCUT2D eigenvalue weighted by Gasteiger charge is -2.32. The first-order valence-corrected chi connectivity index (χ1v) is 7.80. The molecule has 0 atom stereocenters. The van der Waals surface area contributed by atoms with Crippen molar-refractivity contribution in [2.45, 2.75) is 29.7 Å². The predicted molar refractivity (Wildman–Crippen MR) is 85.2 cm³/mol. The van der Waals surface area contributed by atoms with Gasteiger partial charge in [0, 0.05) is 9.79 Å². The first-order valence-electron chi connectivity index (χ1n) is 6.98. The molecular weight excluding hydrogens is 282 g/mol. The largest absolute Gasteiger partial charge is 0.462 e. The Morgan fingerprint density at radius 2 is 1.57 bits per heavy atom. The SMILES string of the molecule is CC(C)OC(=O)CN1c2ccccc2Sc2ccccc21. The van der Waals surface area contributed by atoms with Crippen LogP contribution in [0.5, 0.6) is 0 Å². The van der Waals surface area contributed by atoms with Crippen molar-refractivity contribution in [2.24, 2.45) is 0 Å². The number of carbonyl (C=O) groups is 1. The van der Waals surface area contributed by atoms with Crippen LogP contribution in [0.4, 0.5) is 11.4 Å². The second kappa shape index (κ2) is 5.82. The quantitative estimate of drug-likeness (QED) is 0.793. The number of benzene rings is 2. The summed E-state index contributed by atoms with van der Waals surface area (Å²) in [7, 11) is 0. The molecule has 0 N–H and O–H groups in total.